The predicted octanol–water partition coefficient (Wildman–Crippen LogP) is 2.59. The van der Waals surface area contributed by atoms with Crippen LogP contribution in [-0.2, 0) is 19.2 Å². The zero-order chi connectivity index (χ0) is 29.8. The van der Waals surface area contributed by atoms with E-state index in [4.69, 9.17) is 5.73 Å². The first-order chi connectivity index (χ1) is 19.0. The van der Waals surface area contributed by atoms with Crippen LogP contribution in [0.25, 0.3) is 0 Å². The lowest BCUT2D eigenvalue weighted by molar-refractivity contribution is -0.141. The van der Waals surface area contributed by atoms with Gasteiger partial charge in [-0.3, -0.25) is 24.6 Å². The number of carbonyl (C=O) groups is 4. The number of amides is 4. The number of hydrogen-bond donors (Lipinski definition) is 4. The van der Waals surface area contributed by atoms with Crippen LogP contribution in [0.1, 0.15) is 98.3 Å². The summed E-state index contributed by atoms with van der Waals surface area (Å²) in [6.07, 6.45) is 8.10. The summed E-state index contributed by atoms with van der Waals surface area (Å²) < 4.78 is 0. The lowest BCUT2D eigenvalue weighted by Gasteiger charge is -2.37. The molecule has 40 heavy (non-hydrogen) atoms. The Balaban J connectivity index is 2.17. The summed E-state index contributed by atoms with van der Waals surface area (Å²) in [5, 5.41) is 15.9. The number of nitrogens with two attached hydrogens (primary N) is 1. The van der Waals surface area contributed by atoms with Gasteiger partial charge in [-0.2, -0.15) is 0 Å². The Morgan fingerprint density at radius 2 is 1.50 bits per heavy atom. The topological polar surface area (TPSA) is 145 Å². The average molecular weight is 566 g/mol. The SMILES string of the molecule is CCCN(CCC)C(=O)C1CC(C(N)=O)CC(C(=O)NC(CC2CCCCC2)C(O)CN(C)NC(=O)C(C)C)C1. The summed E-state index contributed by atoms with van der Waals surface area (Å²) in [5.74, 6) is -2.16. The van der Waals surface area contributed by atoms with Crippen LogP contribution >= 0.6 is 0 Å². The van der Waals surface area contributed by atoms with Crippen LogP contribution in [0.4, 0.5) is 0 Å². The van der Waals surface area contributed by atoms with Crippen LogP contribution in [0, 0.1) is 29.6 Å². The van der Waals surface area contributed by atoms with Crippen LogP contribution < -0.4 is 16.5 Å². The van der Waals surface area contributed by atoms with Gasteiger partial charge in [0.15, 0.2) is 0 Å². The quantitative estimate of drug-likeness (QED) is 0.225. The Morgan fingerprint density at radius 1 is 0.925 bits per heavy atom. The van der Waals surface area contributed by atoms with Crippen LogP contribution in [0.3, 0.4) is 0 Å². The van der Waals surface area contributed by atoms with Gasteiger partial charge in [0.25, 0.3) is 0 Å². The molecule has 0 heterocycles. The normalized spacial score (nSPS) is 23.4. The Hall–Kier alpha value is -2.20. The van der Waals surface area contributed by atoms with Crippen molar-refractivity contribution in [3.05, 3.63) is 0 Å². The Labute approximate surface area is 241 Å². The molecule has 2 saturated carbocycles. The second-order valence-corrected chi connectivity index (χ2v) is 12.5. The maximum absolute atomic E-state index is 13.7. The van der Waals surface area contributed by atoms with E-state index >= 15 is 0 Å². The van der Waals surface area contributed by atoms with Crippen molar-refractivity contribution in [2.75, 3.05) is 26.7 Å². The first kappa shape index (κ1) is 34.0. The van der Waals surface area contributed by atoms with E-state index in [-0.39, 0.29) is 30.2 Å². The lowest BCUT2D eigenvalue weighted by atomic mass is 9.73. The molecule has 2 fully saturated rings. The van der Waals surface area contributed by atoms with Gasteiger partial charge in [0.05, 0.1) is 12.1 Å². The van der Waals surface area contributed by atoms with Crippen molar-refractivity contribution >= 4 is 23.6 Å². The highest BCUT2D eigenvalue weighted by Gasteiger charge is 2.40. The van der Waals surface area contributed by atoms with Gasteiger partial charge < -0.3 is 21.1 Å². The monoisotopic (exact) mass is 565 g/mol. The molecule has 5 unspecified atom stereocenters. The molecule has 5 atom stereocenters. The first-order valence-electron chi connectivity index (χ1n) is 15.5. The van der Waals surface area contributed by atoms with Gasteiger partial charge in [-0.15, -0.1) is 0 Å². The summed E-state index contributed by atoms with van der Waals surface area (Å²) in [7, 11) is 1.70. The second kappa shape index (κ2) is 16.9. The number of rotatable bonds is 15. The van der Waals surface area contributed by atoms with Gasteiger partial charge >= 0.3 is 0 Å². The zero-order valence-corrected chi connectivity index (χ0v) is 25.5. The molecule has 2 aliphatic rings. The fourth-order valence-corrected chi connectivity index (χ4v) is 6.26. The number of hydrazine groups is 1. The molecular formula is C30H55N5O5. The molecule has 10 heteroatoms. The first-order valence-corrected chi connectivity index (χ1v) is 15.5. The second-order valence-electron chi connectivity index (χ2n) is 12.5. The minimum atomic E-state index is -0.902. The average Bonchev–Trinajstić information content (AvgIpc) is 2.92. The van der Waals surface area contributed by atoms with Gasteiger partial charge in [0.2, 0.25) is 23.6 Å². The van der Waals surface area contributed by atoms with Crippen molar-refractivity contribution in [1.82, 2.24) is 20.7 Å². The molecule has 230 valence electrons. The molecule has 2 aliphatic carbocycles. The number of nitrogens with one attached hydrogen (secondary N) is 2. The summed E-state index contributed by atoms with van der Waals surface area (Å²) in [5.41, 5.74) is 8.48. The third-order valence-electron chi connectivity index (χ3n) is 8.52. The van der Waals surface area contributed by atoms with Gasteiger partial charge in [0, 0.05) is 50.4 Å². The molecule has 2 rings (SSSR count). The molecule has 0 aromatic rings. The fraction of sp³-hybridized carbons (Fsp3) is 0.867. The lowest BCUT2D eigenvalue weighted by Crippen LogP contribution is -2.54. The number of aliphatic hydroxyl groups excluding tert-OH is 1. The molecule has 0 radical (unpaired) electrons. The van der Waals surface area contributed by atoms with Crippen LogP contribution in [0.15, 0.2) is 0 Å². The van der Waals surface area contributed by atoms with Crippen molar-refractivity contribution in [1.29, 1.82) is 0 Å². The van der Waals surface area contributed by atoms with E-state index in [2.05, 4.69) is 10.7 Å². The third-order valence-corrected chi connectivity index (χ3v) is 8.52. The highest BCUT2D eigenvalue weighted by molar-refractivity contribution is 5.85. The van der Waals surface area contributed by atoms with Gasteiger partial charge in [-0.05, 0) is 44.4 Å². The molecule has 4 amide bonds. The largest absolute Gasteiger partial charge is 0.390 e. The maximum Gasteiger partial charge on any atom is 0.236 e. The predicted molar refractivity (Wildman–Crippen MR) is 155 cm³/mol. The fourth-order valence-electron chi connectivity index (χ4n) is 6.26. The number of primary amides is 1. The van der Waals surface area contributed by atoms with Crippen LogP contribution in [0.2, 0.25) is 0 Å². The molecule has 0 saturated heterocycles. The van der Waals surface area contributed by atoms with E-state index in [0.29, 0.717) is 44.7 Å². The molecular weight excluding hydrogens is 510 g/mol. The number of nitrogens with zero attached hydrogens (tertiary/aromatic N) is 2. The smallest absolute Gasteiger partial charge is 0.236 e. The number of likely N-dealkylation sites (N-methyl/N-ethyl adjacent to an activating group) is 1. The van der Waals surface area contributed by atoms with E-state index in [1.165, 1.54) is 6.42 Å². The van der Waals surface area contributed by atoms with E-state index in [1.807, 2.05) is 18.7 Å². The molecule has 5 N–H and O–H groups in total. The standard InChI is InChI=1S/C30H55N5O5/c1-6-13-35(14-7-2)30(40)24-17-22(27(31)37)16-23(18-24)29(39)32-25(15-21-11-9-8-10-12-21)26(36)19-34(5)33-28(38)20(3)4/h20-26,36H,6-19H2,1-5H3,(H2,31,37)(H,32,39)(H,33,38). The number of carbonyl (C=O) groups excluding carboxylic acids is 4. The van der Waals surface area contributed by atoms with Gasteiger partial charge in [-0.1, -0.05) is 59.8 Å². The summed E-state index contributed by atoms with van der Waals surface area (Å²) in [6, 6.07) is -0.506. The molecule has 0 aromatic heterocycles. The van der Waals surface area contributed by atoms with Crippen LogP contribution in [-0.4, -0.2) is 77.5 Å². The maximum atomic E-state index is 13.7. The van der Waals surface area contributed by atoms with E-state index in [0.717, 1.165) is 38.5 Å². The highest BCUT2D eigenvalue weighted by Crippen LogP contribution is 2.35. The Kier molecular flexibility index (Phi) is 14.4. The van der Waals surface area contributed by atoms with E-state index in [1.54, 1.807) is 25.9 Å². The van der Waals surface area contributed by atoms with Crippen LogP contribution in [0.5, 0.6) is 0 Å². The summed E-state index contributed by atoms with van der Waals surface area (Å²) in [4.78, 5) is 53.3. The minimum absolute atomic E-state index is 0.00578. The van der Waals surface area contributed by atoms with Crippen molar-refractivity contribution in [3.63, 3.8) is 0 Å². The zero-order valence-electron chi connectivity index (χ0n) is 25.5. The summed E-state index contributed by atoms with van der Waals surface area (Å²) in [6.45, 7) is 9.13. The summed E-state index contributed by atoms with van der Waals surface area (Å²) >= 11 is 0. The van der Waals surface area contributed by atoms with E-state index in [9.17, 15) is 24.3 Å². The molecule has 0 aliphatic heterocycles. The van der Waals surface area contributed by atoms with Crippen molar-refractivity contribution in [3.8, 4) is 0 Å². The van der Waals surface area contributed by atoms with Crippen molar-refractivity contribution in [2.24, 2.45) is 35.3 Å². The van der Waals surface area contributed by atoms with Gasteiger partial charge in [0.1, 0.15) is 0 Å². The number of aliphatic hydroxyl groups is 1. The minimum Gasteiger partial charge on any atom is -0.390 e. The number of hydrogen-bond acceptors (Lipinski definition) is 6. The van der Waals surface area contributed by atoms with Crippen molar-refractivity contribution in [2.45, 2.75) is 110 Å². The molecule has 0 bridgehead atoms. The van der Waals surface area contributed by atoms with Crippen molar-refractivity contribution < 1.29 is 24.3 Å². The van der Waals surface area contributed by atoms with Gasteiger partial charge in [-0.25, -0.2) is 5.01 Å². The Bertz CT molecular complexity index is 825. The Morgan fingerprint density at radius 3 is 2.05 bits per heavy atom. The molecule has 0 spiro atoms. The molecule has 0 aromatic carbocycles. The van der Waals surface area contributed by atoms with E-state index < -0.39 is 35.8 Å². The molecule has 10 nitrogen and oxygen atoms in total. The highest BCUT2D eigenvalue weighted by atomic mass is 16.3. The third kappa shape index (κ3) is 10.7.